The Morgan fingerprint density at radius 1 is 1.22 bits per heavy atom. The Morgan fingerprint density at radius 2 is 2.04 bits per heavy atom. The molecule has 4 rings (SSSR count). The van der Waals surface area contributed by atoms with Crippen LogP contribution in [-0.2, 0) is 11.2 Å². The highest BCUT2D eigenvalue weighted by molar-refractivity contribution is 9.10. The molecule has 23 heavy (non-hydrogen) atoms. The summed E-state index contributed by atoms with van der Waals surface area (Å²) in [6, 6.07) is 14.2. The first-order valence-electron chi connectivity index (χ1n) is 7.08. The number of benzene rings is 2. The summed E-state index contributed by atoms with van der Waals surface area (Å²) < 4.78 is 2.83. The Labute approximate surface area is 144 Å². The Kier molecular flexibility index (Phi) is 3.63. The fraction of sp³-hybridized carbons (Fsp3) is 0.0588. The molecule has 4 aromatic rings. The van der Waals surface area contributed by atoms with Crippen molar-refractivity contribution in [1.29, 1.82) is 0 Å². The second-order valence-corrected chi connectivity index (χ2v) is 6.90. The summed E-state index contributed by atoms with van der Waals surface area (Å²) in [7, 11) is 0. The summed E-state index contributed by atoms with van der Waals surface area (Å²) in [5.41, 5.74) is 0.990. The first-order valence-corrected chi connectivity index (χ1v) is 8.75. The lowest BCUT2D eigenvalue weighted by Gasteiger charge is -2.04. The standard InChI is InChI=1S/C17H12BrN3OS/c18-14-9-23-17-16(19-10-21(14)17)20-15(22)8-11-5-6-12-3-1-2-4-13(12)7-11/h1-7,9-10H,8H2,(H,20,22). The van der Waals surface area contributed by atoms with Gasteiger partial charge in [0.05, 0.1) is 6.42 Å². The van der Waals surface area contributed by atoms with Gasteiger partial charge in [-0.25, -0.2) is 4.98 Å². The average Bonchev–Trinajstić information content (AvgIpc) is 3.11. The van der Waals surface area contributed by atoms with Crippen LogP contribution in [0.4, 0.5) is 5.82 Å². The first kappa shape index (κ1) is 14.4. The SMILES string of the molecule is O=C(Cc1ccc2ccccc2c1)Nc1ncn2c(Br)csc12. The van der Waals surface area contributed by atoms with Gasteiger partial charge < -0.3 is 5.32 Å². The van der Waals surface area contributed by atoms with Crippen LogP contribution < -0.4 is 5.32 Å². The second-order valence-electron chi connectivity index (χ2n) is 5.23. The van der Waals surface area contributed by atoms with Crippen molar-refractivity contribution < 1.29 is 4.79 Å². The second kappa shape index (κ2) is 5.79. The number of aromatic nitrogens is 2. The molecule has 0 radical (unpaired) electrons. The van der Waals surface area contributed by atoms with Crippen molar-refractivity contribution in [3.05, 3.63) is 64.3 Å². The van der Waals surface area contributed by atoms with E-state index in [2.05, 4.69) is 44.4 Å². The molecular weight excluding hydrogens is 374 g/mol. The van der Waals surface area contributed by atoms with E-state index in [1.54, 1.807) is 6.33 Å². The van der Waals surface area contributed by atoms with E-state index in [0.717, 1.165) is 20.4 Å². The lowest BCUT2D eigenvalue weighted by atomic mass is 10.1. The van der Waals surface area contributed by atoms with Crippen LogP contribution in [-0.4, -0.2) is 15.3 Å². The summed E-state index contributed by atoms with van der Waals surface area (Å²) in [6.45, 7) is 0. The van der Waals surface area contributed by atoms with Crippen LogP contribution in [0, 0.1) is 0 Å². The molecule has 1 amide bonds. The van der Waals surface area contributed by atoms with Crippen molar-refractivity contribution in [3.63, 3.8) is 0 Å². The lowest BCUT2D eigenvalue weighted by Crippen LogP contribution is -2.14. The summed E-state index contributed by atoms with van der Waals surface area (Å²) in [6.07, 6.45) is 2.03. The molecule has 2 aromatic carbocycles. The Hall–Kier alpha value is -2.18. The molecule has 1 N–H and O–H groups in total. The van der Waals surface area contributed by atoms with E-state index in [9.17, 15) is 4.79 Å². The lowest BCUT2D eigenvalue weighted by molar-refractivity contribution is -0.115. The normalized spacial score (nSPS) is 11.2. The van der Waals surface area contributed by atoms with Gasteiger partial charge >= 0.3 is 0 Å². The Balaban J connectivity index is 1.54. The van der Waals surface area contributed by atoms with E-state index in [1.807, 2.05) is 34.0 Å². The zero-order valence-corrected chi connectivity index (χ0v) is 14.4. The number of halogens is 1. The van der Waals surface area contributed by atoms with Crippen molar-refractivity contribution in [2.45, 2.75) is 6.42 Å². The number of imidazole rings is 1. The van der Waals surface area contributed by atoms with Crippen LogP contribution in [0.2, 0.25) is 0 Å². The summed E-state index contributed by atoms with van der Waals surface area (Å²) in [5.74, 6) is 0.539. The van der Waals surface area contributed by atoms with E-state index in [1.165, 1.54) is 16.7 Å². The van der Waals surface area contributed by atoms with E-state index in [0.29, 0.717) is 12.2 Å². The molecule has 0 aliphatic carbocycles. The molecule has 0 saturated heterocycles. The molecule has 0 spiro atoms. The minimum Gasteiger partial charge on any atom is -0.308 e. The van der Waals surface area contributed by atoms with Gasteiger partial charge in [-0.2, -0.15) is 0 Å². The van der Waals surface area contributed by atoms with Crippen LogP contribution in [0.3, 0.4) is 0 Å². The molecule has 2 aromatic heterocycles. The number of fused-ring (bicyclic) bond motifs is 2. The molecule has 0 saturated carbocycles. The molecular formula is C17H12BrN3OS. The summed E-state index contributed by atoms with van der Waals surface area (Å²) >= 11 is 4.98. The van der Waals surface area contributed by atoms with Crippen LogP contribution >= 0.6 is 27.3 Å². The maximum atomic E-state index is 12.3. The van der Waals surface area contributed by atoms with Crippen LogP contribution in [0.25, 0.3) is 15.6 Å². The molecule has 0 unspecified atom stereocenters. The van der Waals surface area contributed by atoms with Gasteiger partial charge in [0.1, 0.15) is 15.8 Å². The predicted octanol–water partition coefficient (Wildman–Crippen LogP) is 4.49. The number of hydrogen-bond donors (Lipinski definition) is 1. The molecule has 2 heterocycles. The zero-order valence-electron chi connectivity index (χ0n) is 12.0. The van der Waals surface area contributed by atoms with Gasteiger partial charge in [0, 0.05) is 5.38 Å². The minimum absolute atomic E-state index is 0.0644. The van der Waals surface area contributed by atoms with Gasteiger partial charge in [0.25, 0.3) is 0 Å². The molecule has 114 valence electrons. The number of anilines is 1. The quantitative estimate of drug-likeness (QED) is 0.564. The molecule has 0 atom stereocenters. The number of carbonyl (C=O) groups is 1. The number of nitrogens with one attached hydrogen (secondary N) is 1. The number of thiazole rings is 1. The predicted molar refractivity (Wildman–Crippen MR) is 97.1 cm³/mol. The number of amides is 1. The fourth-order valence-electron chi connectivity index (χ4n) is 2.56. The molecule has 6 heteroatoms. The van der Waals surface area contributed by atoms with Crippen molar-refractivity contribution in [2.24, 2.45) is 0 Å². The summed E-state index contributed by atoms with van der Waals surface area (Å²) in [5, 5.41) is 7.18. The Bertz CT molecular complexity index is 1020. The first-order chi connectivity index (χ1) is 11.2. The molecule has 0 aliphatic heterocycles. The highest BCUT2D eigenvalue weighted by Gasteiger charge is 2.12. The number of hydrogen-bond acceptors (Lipinski definition) is 3. The fourth-order valence-corrected chi connectivity index (χ4v) is 4.02. The van der Waals surface area contributed by atoms with Gasteiger partial charge in [-0.3, -0.25) is 9.20 Å². The van der Waals surface area contributed by atoms with Crippen LogP contribution in [0.1, 0.15) is 5.56 Å². The third kappa shape index (κ3) is 2.75. The topological polar surface area (TPSA) is 46.4 Å². The van der Waals surface area contributed by atoms with Crippen LogP contribution in [0.15, 0.2) is 58.8 Å². The third-order valence-electron chi connectivity index (χ3n) is 3.66. The van der Waals surface area contributed by atoms with Gasteiger partial charge in [0.2, 0.25) is 5.91 Å². The zero-order chi connectivity index (χ0) is 15.8. The molecule has 0 aliphatic rings. The van der Waals surface area contributed by atoms with E-state index >= 15 is 0 Å². The molecule has 0 bridgehead atoms. The van der Waals surface area contributed by atoms with Gasteiger partial charge in [-0.15, -0.1) is 11.3 Å². The maximum Gasteiger partial charge on any atom is 0.230 e. The smallest absolute Gasteiger partial charge is 0.230 e. The van der Waals surface area contributed by atoms with Gasteiger partial charge in [0.15, 0.2) is 5.82 Å². The molecule has 0 fully saturated rings. The highest BCUT2D eigenvalue weighted by atomic mass is 79.9. The van der Waals surface area contributed by atoms with Crippen molar-refractivity contribution in [3.8, 4) is 0 Å². The highest BCUT2D eigenvalue weighted by Crippen LogP contribution is 2.27. The average molecular weight is 386 g/mol. The van der Waals surface area contributed by atoms with E-state index in [-0.39, 0.29) is 5.91 Å². The van der Waals surface area contributed by atoms with Crippen molar-refractivity contribution in [2.75, 3.05) is 5.32 Å². The van der Waals surface area contributed by atoms with Crippen molar-refractivity contribution in [1.82, 2.24) is 9.38 Å². The number of rotatable bonds is 3. The van der Waals surface area contributed by atoms with Crippen LogP contribution in [0.5, 0.6) is 0 Å². The third-order valence-corrected chi connectivity index (χ3v) is 5.53. The van der Waals surface area contributed by atoms with Gasteiger partial charge in [-0.05, 0) is 32.3 Å². The van der Waals surface area contributed by atoms with Gasteiger partial charge in [-0.1, -0.05) is 42.5 Å². The number of carbonyl (C=O) groups excluding carboxylic acids is 1. The monoisotopic (exact) mass is 385 g/mol. The minimum atomic E-state index is -0.0644. The largest absolute Gasteiger partial charge is 0.308 e. The Morgan fingerprint density at radius 3 is 2.91 bits per heavy atom. The maximum absolute atomic E-state index is 12.3. The number of nitrogens with zero attached hydrogens (tertiary/aromatic N) is 2. The molecule has 4 nitrogen and oxygen atoms in total. The van der Waals surface area contributed by atoms with Crippen molar-refractivity contribution >= 4 is 54.6 Å². The summed E-state index contributed by atoms with van der Waals surface area (Å²) in [4.78, 5) is 17.5. The van der Waals surface area contributed by atoms with E-state index < -0.39 is 0 Å². The van der Waals surface area contributed by atoms with E-state index in [4.69, 9.17) is 0 Å².